The molecule has 3 aliphatic heterocycles. The van der Waals surface area contributed by atoms with Crippen LogP contribution in [0.1, 0.15) is 50.4 Å². The minimum absolute atomic E-state index is 0.0152. The van der Waals surface area contributed by atoms with Gasteiger partial charge in [-0.2, -0.15) is 28.4 Å². The molecule has 4 aromatic rings. The van der Waals surface area contributed by atoms with E-state index in [1.165, 1.54) is 27.4 Å². The molecule has 296 valence electrons. The van der Waals surface area contributed by atoms with Crippen LogP contribution in [0.15, 0.2) is 78.9 Å². The summed E-state index contributed by atoms with van der Waals surface area (Å²) in [5, 5.41) is 15.0. The molecule has 0 radical (unpaired) electrons. The maximum Gasteiger partial charge on any atom is 0.421 e. The first-order chi connectivity index (χ1) is 26.8. The number of likely N-dealkylation sites (tertiary alicyclic amines) is 1. The van der Waals surface area contributed by atoms with E-state index in [1.54, 1.807) is 0 Å². The predicted molar refractivity (Wildman–Crippen MR) is 211 cm³/mol. The average Bonchev–Trinajstić information content (AvgIpc) is 3.53. The number of rotatable bonds is 10. The first-order valence-corrected chi connectivity index (χ1v) is 21.2. The Kier molecular flexibility index (Phi) is 11.4. The molecular weight excluding hydrogens is 739 g/mol. The molecule has 3 atom stereocenters. The maximum absolute atomic E-state index is 14.7. The summed E-state index contributed by atoms with van der Waals surface area (Å²) in [6.07, 6.45) is -3.53. The minimum Gasteiger partial charge on any atom is -0.462 e. The summed E-state index contributed by atoms with van der Waals surface area (Å²) >= 11 is 0. The Hall–Kier alpha value is -4.55. The van der Waals surface area contributed by atoms with Crippen LogP contribution in [0.3, 0.4) is 0 Å². The Balaban J connectivity index is 1.16. The van der Waals surface area contributed by atoms with Gasteiger partial charge in [-0.1, -0.05) is 87.5 Å². The molecule has 0 spiro atoms. The van der Waals surface area contributed by atoms with Crippen molar-refractivity contribution in [3.63, 3.8) is 0 Å². The summed E-state index contributed by atoms with van der Waals surface area (Å²) in [5.41, 5.74) is -0.138. The molecule has 0 saturated carbocycles. The SMILES string of the molecule is CN1C[C@H](O[Si](c2ccccc2)(c2ccccc2)C(C)(C)C)C[C@H]1COc1nc2c(c(N3CCN[C@@H](CC#N)C3)n1)CCN(c1cccc(F)c1C(F)(F)F)C2. The smallest absolute Gasteiger partial charge is 0.421 e. The number of hydrogen-bond donors (Lipinski definition) is 1. The number of halogens is 4. The molecule has 1 aromatic heterocycles. The lowest BCUT2D eigenvalue weighted by Crippen LogP contribution is -2.67. The van der Waals surface area contributed by atoms with E-state index in [4.69, 9.17) is 19.1 Å². The second-order valence-corrected chi connectivity index (χ2v) is 20.3. The summed E-state index contributed by atoms with van der Waals surface area (Å²) in [5.74, 6) is -0.646. The molecule has 7 rings (SSSR count). The van der Waals surface area contributed by atoms with Gasteiger partial charge in [-0.05, 0) is 47.4 Å². The van der Waals surface area contributed by atoms with Crippen molar-refractivity contribution in [2.24, 2.45) is 0 Å². The van der Waals surface area contributed by atoms with E-state index < -0.39 is 25.9 Å². The van der Waals surface area contributed by atoms with E-state index in [0.29, 0.717) is 50.5 Å². The van der Waals surface area contributed by atoms with Gasteiger partial charge in [0.15, 0.2) is 0 Å². The Morgan fingerprint density at radius 2 is 1.61 bits per heavy atom. The van der Waals surface area contributed by atoms with E-state index in [1.807, 2.05) is 12.1 Å². The second-order valence-electron chi connectivity index (χ2n) is 16.1. The summed E-state index contributed by atoms with van der Waals surface area (Å²) in [6.45, 7) is 9.85. The number of nitrogens with one attached hydrogen (secondary N) is 1. The lowest BCUT2D eigenvalue weighted by molar-refractivity contribution is -0.139. The van der Waals surface area contributed by atoms with Crippen LogP contribution >= 0.6 is 0 Å². The highest BCUT2D eigenvalue weighted by molar-refractivity contribution is 6.99. The summed E-state index contributed by atoms with van der Waals surface area (Å²) < 4.78 is 70.8. The number of benzene rings is 3. The van der Waals surface area contributed by atoms with E-state index in [9.17, 15) is 22.8 Å². The molecule has 0 unspecified atom stereocenters. The van der Waals surface area contributed by atoms with Crippen LogP contribution in [0.5, 0.6) is 6.01 Å². The lowest BCUT2D eigenvalue weighted by atomic mass is 10.0. The molecule has 3 aliphatic rings. The Bertz CT molecular complexity index is 1990. The molecule has 3 aromatic carbocycles. The zero-order valence-electron chi connectivity index (χ0n) is 32.3. The van der Waals surface area contributed by atoms with Crippen LogP contribution in [0.2, 0.25) is 5.04 Å². The number of likely N-dealkylation sites (N-methyl/N-ethyl adjacent to an activating group) is 1. The molecule has 4 heterocycles. The fourth-order valence-electron chi connectivity index (χ4n) is 8.66. The number of alkyl halides is 3. The summed E-state index contributed by atoms with van der Waals surface area (Å²) in [7, 11) is -0.729. The van der Waals surface area contributed by atoms with E-state index in [-0.39, 0.29) is 54.6 Å². The fourth-order valence-corrected chi connectivity index (χ4v) is 13.3. The monoisotopic (exact) mass is 787 g/mol. The number of piperazine rings is 1. The van der Waals surface area contributed by atoms with Crippen molar-refractivity contribution >= 4 is 30.2 Å². The van der Waals surface area contributed by atoms with Gasteiger partial charge in [-0.25, -0.2) is 4.39 Å². The first-order valence-electron chi connectivity index (χ1n) is 19.3. The largest absolute Gasteiger partial charge is 0.462 e. The van der Waals surface area contributed by atoms with Gasteiger partial charge < -0.3 is 24.3 Å². The third kappa shape index (κ3) is 8.00. The maximum atomic E-state index is 14.7. The highest BCUT2D eigenvalue weighted by atomic mass is 28.4. The van der Waals surface area contributed by atoms with Gasteiger partial charge >= 0.3 is 12.2 Å². The van der Waals surface area contributed by atoms with Crippen LogP contribution in [0.4, 0.5) is 29.1 Å². The van der Waals surface area contributed by atoms with Crippen LogP contribution in [-0.2, 0) is 23.6 Å². The quantitative estimate of drug-likeness (QED) is 0.156. The highest BCUT2D eigenvalue weighted by Gasteiger charge is 2.52. The Morgan fingerprint density at radius 3 is 2.25 bits per heavy atom. The molecule has 0 aliphatic carbocycles. The average molecular weight is 788 g/mol. The van der Waals surface area contributed by atoms with Gasteiger partial charge in [0.2, 0.25) is 0 Å². The topological polar surface area (TPSA) is 89.8 Å². The molecule has 56 heavy (non-hydrogen) atoms. The standard InChI is InChI=1S/C42H49F4N7O2Si/c1-41(2,3)56(32-12-7-5-8-13-32,33-14-9-6-10-15-33)55-31-24-30(51(4)26-31)28-54-40-49-36-27-52(37-17-11-16-35(43)38(37)42(44,45)46)22-19-34(36)39(50-40)53-23-21-48-29(25-53)18-20-47/h5-17,29-31,48H,18-19,21-28H2,1-4H3/t29-,30-,31+/m0/s1. The van der Waals surface area contributed by atoms with E-state index in [0.717, 1.165) is 18.1 Å². The van der Waals surface area contributed by atoms with Crippen LogP contribution in [0.25, 0.3) is 0 Å². The number of nitrogens with zero attached hydrogens (tertiary/aromatic N) is 6. The molecule has 0 bridgehead atoms. The molecule has 0 amide bonds. The van der Waals surface area contributed by atoms with Crippen molar-refractivity contribution < 1.29 is 26.7 Å². The zero-order valence-corrected chi connectivity index (χ0v) is 33.3. The third-order valence-electron chi connectivity index (χ3n) is 11.3. The van der Waals surface area contributed by atoms with Gasteiger partial charge in [0.05, 0.1) is 36.5 Å². The van der Waals surface area contributed by atoms with Crippen molar-refractivity contribution in [2.45, 2.75) is 76.0 Å². The zero-order chi connectivity index (χ0) is 39.7. The second kappa shape index (κ2) is 16.1. The normalized spacial score (nSPS) is 20.8. The molecular formula is C42H49F4N7O2Si. The summed E-state index contributed by atoms with van der Waals surface area (Å²) in [6, 6.07) is 26.9. The number of ether oxygens (including phenoxy) is 1. The van der Waals surface area contributed by atoms with E-state index >= 15 is 0 Å². The summed E-state index contributed by atoms with van der Waals surface area (Å²) in [4.78, 5) is 15.6. The number of hydrogen-bond acceptors (Lipinski definition) is 9. The number of nitriles is 1. The highest BCUT2D eigenvalue weighted by Crippen LogP contribution is 2.42. The first kappa shape index (κ1) is 39.7. The van der Waals surface area contributed by atoms with Gasteiger partial charge in [0, 0.05) is 50.4 Å². The predicted octanol–water partition coefficient (Wildman–Crippen LogP) is 5.92. The van der Waals surface area contributed by atoms with Crippen LogP contribution in [0, 0.1) is 17.1 Å². The van der Waals surface area contributed by atoms with Crippen LogP contribution in [-0.4, -0.2) is 87.8 Å². The van der Waals surface area contributed by atoms with Crippen molar-refractivity contribution in [1.82, 2.24) is 20.2 Å². The number of anilines is 2. The molecule has 1 N–H and O–H groups in total. The minimum atomic E-state index is -4.87. The number of aromatic nitrogens is 2. The third-order valence-corrected chi connectivity index (χ3v) is 16.4. The Labute approximate surface area is 327 Å². The van der Waals surface area contributed by atoms with Gasteiger partial charge in [0.1, 0.15) is 23.8 Å². The molecule has 2 fully saturated rings. The number of fused-ring (bicyclic) bond motifs is 1. The molecule has 9 nitrogen and oxygen atoms in total. The van der Waals surface area contributed by atoms with Crippen LogP contribution < -0.4 is 30.2 Å². The van der Waals surface area contributed by atoms with Gasteiger partial charge in [0.25, 0.3) is 8.32 Å². The molecule has 2 saturated heterocycles. The fraction of sp³-hybridized carbons (Fsp3) is 0.452. The Morgan fingerprint density at radius 1 is 0.911 bits per heavy atom. The lowest BCUT2D eigenvalue weighted by Gasteiger charge is -2.44. The van der Waals surface area contributed by atoms with Crippen molar-refractivity contribution in [3.05, 3.63) is 102 Å². The van der Waals surface area contributed by atoms with Gasteiger partial charge in [-0.3, -0.25) is 4.90 Å². The van der Waals surface area contributed by atoms with Gasteiger partial charge in [-0.15, -0.1) is 0 Å². The van der Waals surface area contributed by atoms with Crippen molar-refractivity contribution in [1.29, 1.82) is 5.26 Å². The van der Waals surface area contributed by atoms with Crippen molar-refractivity contribution in [2.75, 3.05) is 56.2 Å². The van der Waals surface area contributed by atoms with Crippen molar-refractivity contribution in [3.8, 4) is 12.1 Å². The van der Waals surface area contributed by atoms with E-state index in [2.05, 4.69) is 97.5 Å². The molecule has 14 heteroatoms.